The minimum Gasteiger partial charge on any atom is -0.487 e. The summed E-state index contributed by atoms with van der Waals surface area (Å²) in [4.78, 5) is 18.0. The normalized spacial score (nSPS) is 13.4. The first-order chi connectivity index (χ1) is 16.2. The monoisotopic (exact) mass is 441 g/mol. The molecule has 4 aromatic rings. The lowest BCUT2D eigenvalue weighted by molar-refractivity contribution is 0.0695. The average molecular weight is 441 g/mol. The molecule has 2 aromatic carbocycles. The molecule has 2 aromatic heterocycles. The number of aromatic carboxylic acids is 1. The summed E-state index contributed by atoms with van der Waals surface area (Å²) in [6, 6.07) is 20.4. The van der Waals surface area contributed by atoms with Crippen LogP contribution in [0.15, 0.2) is 91.5 Å². The molecule has 1 aliphatic rings. The summed E-state index contributed by atoms with van der Waals surface area (Å²) in [5, 5.41) is 9.69. The Labute approximate surface area is 191 Å². The van der Waals surface area contributed by atoms with E-state index in [-0.39, 0.29) is 6.10 Å². The van der Waals surface area contributed by atoms with E-state index >= 15 is 0 Å². The molecule has 1 saturated heterocycles. The molecular weight excluding hydrogens is 418 g/mol. The molecular formula is C26H23N3O4. The lowest BCUT2D eigenvalue weighted by atomic mass is 10.0. The van der Waals surface area contributed by atoms with Crippen molar-refractivity contribution in [3.05, 3.63) is 103 Å². The number of carboxylic acids is 1. The van der Waals surface area contributed by atoms with Gasteiger partial charge in [0, 0.05) is 42.6 Å². The molecule has 7 heteroatoms. The zero-order valence-corrected chi connectivity index (χ0v) is 17.9. The van der Waals surface area contributed by atoms with Crippen molar-refractivity contribution in [3.8, 4) is 17.2 Å². The number of hydrogen-bond acceptors (Lipinski definition) is 5. The van der Waals surface area contributed by atoms with Crippen LogP contribution in [0, 0.1) is 0 Å². The third-order valence-corrected chi connectivity index (χ3v) is 5.59. The van der Waals surface area contributed by atoms with Gasteiger partial charge >= 0.3 is 5.97 Å². The van der Waals surface area contributed by atoms with Crippen LogP contribution in [-0.4, -0.2) is 39.8 Å². The molecule has 5 rings (SSSR count). The second-order valence-corrected chi connectivity index (χ2v) is 7.87. The zero-order chi connectivity index (χ0) is 22.6. The van der Waals surface area contributed by atoms with Gasteiger partial charge in [0.25, 0.3) is 0 Å². The molecule has 0 unspecified atom stereocenters. The highest BCUT2D eigenvalue weighted by atomic mass is 16.5. The zero-order valence-electron chi connectivity index (χ0n) is 17.9. The number of anilines is 1. The number of carbonyl (C=O) groups is 1. The van der Waals surface area contributed by atoms with Crippen LogP contribution in [0.3, 0.4) is 0 Å². The number of nitrogens with zero attached hydrogens (tertiary/aromatic N) is 3. The Hall–Kier alpha value is -4.26. The molecule has 0 aliphatic carbocycles. The van der Waals surface area contributed by atoms with Gasteiger partial charge in [0.1, 0.15) is 23.4 Å². The summed E-state index contributed by atoms with van der Waals surface area (Å²) < 4.78 is 13.9. The Morgan fingerprint density at radius 1 is 0.909 bits per heavy atom. The second-order valence-electron chi connectivity index (χ2n) is 7.87. The highest BCUT2D eigenvalue weighted by Gasteiger charge is 2.31. The number of rotatable bonds is 8. The second kappa shape index (κ2) is 9.08. The molecule has 0 amide bonds. The molecule has 0 saturated carbocycles. The number of carboxylic acid groups (broad SMARTS) is 1. The lowest BCUT2D eigenvalue weighted by Gasteiger charge is -2.41. The topological polar surface area (TPSA) is 76.8 Å². The average Bonchev–Trinajstić information content (AvgIpc) is 3.31. The van der Waals surface area contributed by atoms with Crippen molar-refractivity contribution in [1.82, 2.24) is 9.55 Å². The Bertz CT molecular complexity index is 1220. The van der Waals surface area contributed by atoms with Crippen LogP contribution in [0.4, 0.5) is 5.69 Å². The van der Waals surface area contributed by atoms with Crippen molar-refractivity contribution < 1.29 is 19.4 Å². The van der Waals surface area contributed by atoms with E-state index in [1.54, 1.807) is 36.7 Å². The molecule has 1 N–H and O–H groups in total. The van der Waals surface area contributed by atoms with Gasteiger partial charge in [-0.1, -0.05) is 6.07 Å². The van der Waals surface area contributed by atoms with Crippen LogP contribution in [0.1, 0.15) is 15.9 Å². The number of aromatic nitrogens is 2. The van der Waals surface area contributed by atoms with Gasteiger partial charge in [0.15, 0.2) is 0 Å². The van der Waals surface area contributed by atoms with Crippen LogP contribution in [0.5, 0.6) is 17.2 Å². The van der Waals surface area contributed by atoms with Crippen LogP contribution in [0.25, 0.3) is 0 Å². The Balaban J connectivity index is 1.23. The summed E-state index contributed by atoms with van der Waals surface area (Å²) in [6.45, 7) is 1.89. The van der Waals surface area contributed by atoms with E-state index in [1.807, 2.05) is 59.4 Å². The molecule has 3 heterocycles. The van der Waals surface area contributed by atoms with E-state index in [2.05, 4.69) is 9.88 Å². The molecule has 1 aliphatic heterocycles. The first-order valence-corrected chi connectivity index (χ1v) is 10.7. The Morgan fingerprint density at radius 2 is 1.58 bits per heavy atom. The largest absolute Gasteiger partial charge is 0.487 e. The number of pyridine rings is 1. The van der Waals surface area contributed by atoms with Gasteiger partial charge in [0.2, 0.25) is 0 Å². The third kappa shape index (κ3) is 4.67. The highest BCUT2D eigenvalue weighted by molar-refractivity contribution is 5.91. The maximum atomic E-state index is 11.8. The van der Waals surface area contributed by atoms with Crippen molar-refractivity contribution >= 4 is 11.7 Å². The smallest absolute Gasteiger partial charge is 0.336 e. The molecule has 33 heavy (non-hydrogen) atoms. The summed E-state index contributed by atoms with van der Waals surface area (Å²) in [5.74, 6) is 1.31. The molecule has 0 bridgehead atoms. The standard InChI is InChI=1S/C26H23N3O4/c30-26(31)23-4-3-5-25(24(23)18-28-14-1-2-15-28)29-16-22(17-29)33-20-8-6-19(7-9-20)32-21-10-12-27-13-11-21/h1-15,22H,16-18H2,(H,30,31). The van der Waals surface area contributed by atoms with Gasteiger partial charge < -0.3 is 24.0 Å². The molecule has 7 nitrogen and oxygen atoms in total. The SMILES string of the molecule is O=C(O)c1cccc(N2CC(Oc3ccc(Oc4ccncc4)cc3)C2)c1Cn1cccc1. The predicted octanol–water partition coefficient (Wildman–Crippen LogP) is 4.69. The van der Waals surface area contributed by atoms with Gasteiger partial charge in [0.05, 0.1) is 18.7 Å². The van der Waals surface area contributed by atoms with Gasteiger partial charge in [-0.15, -0.1) is 0 Å². The molecule has 0 radical (unpaired) electrons. The molecule has 166 valence electrons. The molecule has 0 spiro atoms. The van der Waals surface area contributed by atoms with Crippen molar-refractivity contribution in [2.45, 2.75) is 12.6 Å². The number of ether oxygens (including phenoxy) is 2. The van der Waals surface area contributed by atoms with E-state index in [4.69, 9.17) is 9.47 Å². The van der Waals surface area contributed by atoms with E-state index in [0.717, 1.165) is 28.5 Å². The minimum absolute atomic E-state index is 0.0323. The predicted molar refractivity (Wildman–Crippen MR) is 124 cm³/mol. The lowest BCUT2D eigenvalue weighted by Crippen LogP contribution is -2.54. The van der Waals surface area contributed by atoms with Gasteiger partial charge in [-0.05, 0) is 60.7 Å². The van der Waals surface area contributed by atoms with Gasteiger partial charge in [-0.2, -0.15) is 0 Å². The summed E-state index contributed by atoms with van der Waals surface area (Å²) in [7, 11) is 0. The quantitative estimate of drug-likeness (QED) is 0.428. The fourth-order valence-corrected chi connectivity index (χ4v) is 3.93. The van der Waals surface area contributed by atoms with Crippen molar-refractivity contribution in [2.24, 2.45) is 0 Å². The first-order valence-electron chi connectivity index (χ1n) is 10.7. The summed E-state index contributed by atoms with van der Waals surface area (Å²) in [5.41, 5.74) is 2.07. The van der Waals surface area contributed by atoms with Crippen LogP contribution in [-0.2, 0) is 6.54 Å². The fraction of sp³-hybridized carbons (Fsp3) is 0.154. The van der Waals surface area contributed by atoms with Gasteiger partial charge in [-0.25, -0.2) is 4.79 Å². The third-order valence-electron chi connectivity index (χ3n) is 5.59. The van der Waals surface area contributed by atoms with E-state index in [9.17, 15) is 9.90 Å². The van der Waals surface area contributed by atoms with E-state index < -0.39 is 5.97 Å². The molecule has 1 fully saturated rings. The molecule has 0 atom stereocenters. The minimum atomic E-state index is -0.915. The van der Waals surface area contributed by atoms with Crippen LogP contribution >= 0.6 is 0 Å². The van der Waals surface area contributed by atoms with Crippen molar-refractivity contribution in [3.63, 3.8) is 0 Å². The fourth-order valence-electron chi connectivity index (χ4n) is 3.93. The Kier molecular flexibility index (Phi) is 5.68. The van der Waals surface area contributed by atoms with Gasteiger partial charge in [-0.3, -0.25) is 4.98 Å². The van der Waals surface area contributed by atoms with Crippen molar-refractivity contribution in [1.29, 1.82) is 0 Å². The van der Waals surface area contributed by atoms with E-state index in [1.165, 1.54) is 0 Å². The van der Waals surface area contributed by atoms with Crippen LogP contribution in [0.2, 0.25) is 0 Å². The maximum absolute atomic E-state index is 11.8. The first kappa shape index (κ1) is 20.6. The summed E-state index contributed by atoms with van der Waals surface area (Å²) >= 11 is 0. The van der Waals surface area contributed by atoms with Crippen LogP contribution < -0.4 is 14.4 Å². The summed E-state index contributed by atoms with van der Waals surface area (Å²) in [6.07, 6.45) is 7.28. The van der Waals surface area contributed by atoms with Crippen molar-refractivity contribution in [2.75, 3.05) is 18.0 Å². The Morgan fingerprint density at radius 3 is 2.27 bits per heavy atom. The number of hydrogen-bond donors (Lipinski definition) is 1. The highest BCUT2D eigenvalue weighted by Crippen LogP contribution is 2.31. The van der Waals surface area contributed by atoms with E-state index in [0.29, 0.717) is 25.2 Å². The maximum Gasteiger partial charge on any atom is 0.336 e. The number of benzene rings is 2.